The molecule has 0 atom stereocenters. The van der Waals surface area contributed by atoms with Crippen LogP contribution in [0.15, 0.2) is 97.2 Å². The third-order valence-electron chi connectivity index (χ3n) is 7.63. The number of hydrogen-bond acceptors (Lipinski definition) is 2. The monoisotopic (exact) mass is 416 g/mol. The van der Waals surface area contributed by atoms with Crippen LogP contribution in [-0.2, 0) is 0 Å². The minimum Gasteiger partial charge on any atom is -0.308 e. The molecule has 0 amide bonds. The van der Waals surface area contributed by atoms with Crippen molar-refractivity contribution < 1.29 is 0 Å². The Labute approximate surface area is 189 Å². The summed E-state index contributed by atoms with van der Waals surface area (Å²) in [6.45, 7) is 0. The summed E-state index contributed by atoms with van der Waals surface area (Å²) in [7, 11) is 0. The number of benzene rings is 6. The zero-order valence-corrected chi connectivity index (χ0v) is 17.6. The molecule has 0 saturated heterocycles. The highest BCUT2D eigenvalue weighted by molar-refractivity contribution is 6.36. The number of anilines is 3. The average molecular weight is 416 g/mol. The molecular formula is C31H16N2. The molecular weight excluding hydrogens is 400 g/mol. The van der Waals surface area contributed by atoms with E-state index < -0.39 is 0 Å². The van der Waals surface area contributed by atoms with Crippen molar-refractivity contribution in [2.24, 2.45) is 0 Å². The van der Waals surface area contributed by atoms with Gasteiger partial charge in [-0.2, -0.15) is 0 Å². The molecule has 3 heterocycles. The summed E-state index contributed by atoms with van der Waals surface area (Å²) in [4.78, 5) is 7.46. The second-order valence-electron chi connectivity index (χ2n) is 9.24. The molecule has 0 unspecified atom stereocenters. The highest BCUT2D eigenvalue weighted by Crippen LogP contribution is 2.58. The lowest BCUT2D eigenvalue weighted by atomic mass is 9.84. The Balaban J connectivity index is 1.64. The molecule has 2 nitrogen and oxygen atoms in total. The molecule has 1 aromatic heterocycles. The van der Waals surface area contributed by atoms with Gasteiger partial charge in [0, 0.05) is 33.3 Å². The van der Waals surface area contributed by atoms with Crippen LogP contribution in [0.3, 0.4) is 0 Å². The lowest BCUT2D eigenvalue weighted by molar-refractivity contribution is 1.27. The van der Waals surface area contributed by atoms with E-state index in [9.17, 15) is 0 Å². The van der Waals surface area contributed by atoms with E-state index in [2.05, 4.69) is 95.9 Å². The van der Waals surface area contributed by atoms with Gasteiger partial charge in [-0.05, 0) is 62.6 Å². The minimum atomic E-state index is 1.09. The van der Waals surface area contributed by atoms with Crippen LogP contribution in [-0.4, -0.2) is 4.98 Å². The summed E-state index contributed by atoms with van der Waals surface area (Å²) in [6.07, 6.45) is 1.96. The zero-order valence-electron chi connectivity index (χ0n) is 17.6. The standard InChI is InChI=1S/C31H16N2/c1-2-5-20-16-25-23(15-19(20)4-1)30-29-22(12-13-32-30)14-21-11-10-18-9-8-17-6-3-7-24-26(17)27(18)28(21)31(29)33(24)25/h1-16H. The highest BCUT2D eigenvalue weighted by Gasteiger charge is 2.33. The first kappa shape index (κ1) is 16.2. The molecule has 6 aromatic carbocycles. The summed E-state index contributed by atoms with van der Waals surface area (Å²) in [6, 6.07) is 33.6. The van der Waals surface area contributed by atoms with Crippen LogP contribution < -0.4 is 4.90 Å². The number of nitrogens with zero attached hydrogens (tertiary/aromatic N) is 2. The quantitative estimate of drug-likeness (QED) is 0.182. The number of aromatic nitrogens is 1. The summed E-state index contributed by atoms with van der Waals surface area (Å²) in [5, 5.41) is 12.9. The average Bonchev–Trinajstić information content (AvgIpc) is 2.87. The van der Waals surface area contributed by atoms with Crippen LogP contribution >= 0.6 is 0 Å². The minimum absolute atomic E-state index is 1.09. The van der Waals surface area contributed by atoms with E-state index in [1.165, 1.54) is 76.5 Å². The molecule has 0 spiro atoms. The van der Waals surface area contributed by atoms with Crippen molar-refractivity contribution in [1.29, 1.82) is 0 Å². The van der Waals surface area contributed by atoms with E-state index in [1.54, 1.807) is 0 Å². The van der Waals surface area contributed by atoms with Crippen LogP contribution in [0.4, 0.5) is 17.1 Å². The van der Waals surface area contributed by atoms with E-state index in [4.69, 9.17) is 4.98 Å². The predicted octanol–water partition coefficient (Wildman–Crippen LogP) is 8.61. The molecule has 0 aliphatic carbocycles. The van der Waals surface area contributed by atoms with Gasteiger partial charge in [0.05, 0.1) is 22.8 Å². The van der Waals surface area contributed by atoms with Crippen LogP contribution in [0.5, 0.6) is 0 Å². The summed E-state index contributed by atoms with van der Waals surface area (Å²) < 4.78 is 0. The largest absolute Gasteiger partial charge is 0.308 e. The second-order valence-corrected chi connectivity index (χ2v) is 9.24. The maximum Gasteiger partial charge on any atom is 0.0822 e. The molecule has 0 bridgehead atoms. The van der Waals surface area contributed by atoms with Gasteiger partial charge in [-0.15, -0.1) is 0 Å². The first-order valence-electron chi connectivity index (χ1n) is 11.4. The van der Waals surface area contributed by atoms with E-state index in [0.29, 0.717) is 0 Å². The van der Waals surface area contributed by atoms with Gasteiger partial charge in [0.1, 0.15) is 0 Å². The third kappa shape index (κ3) is 1.78. The Hall–Kier alpha value is -4.43. The third-order valence-corrected chi connectivity index (χ3v) is 7.63. The van der Waals surface area contributed by atoms with E-state index in [1.807, 2.05) is 6.20 Å². The van der Waals surface area contributed by atoms with Crippen LogP contribution in [0.25, 0.3) is 65.1 Å². The Morgan fingerprint density at radius 2 is 1.21 bits per heavy atom. The molecule has 0 N–H and O–H groups in total. The molecule has 0 radical (unpaired) electrons. The van der Waals surface area contributed by atoms with Crippen molar-refractivity contribution >= 4 is 70.9 Å². The van der Waals surface area contributed by atoms with Crippen molar-refractivity contribution in [1.82, 2.24) is 4.98 Å². The van der Waals surface area contributed by atoms with Gasteiger partial charge in [0.15, 0.2) is 0 Å². The molecule has 33 heavy (non-hydrogen) atoms. The van der Waals surface area contributed by atoms with Gasteiger partial charge in [0.2, 0.25) is 0 Å². The Kier molecular flexibility index (Phi) is 2.61. The zero-order chi connectivity index (χ0) is 21.3. The van der Waals surface area contributed by atoms with Gasteiger partial charge in [0.25, 0.3) is 0 Å². The van der Waals surface area contributed by atoms with Crippen molar-refractivity contribution in [2.75, 3.05) is 4.90 Å². The Morgan fingerprint density at radius 3 is 2.09 bits per heavy atom. The normalized spacial score (nSPS) is 13.4. The van der Waals surface area contributed by atoms with Gasteiger partial charge in [-0.3, -0.25) is 4.98 Å². The maximum absolute atomic E-state index is 4.95. The fraction of sp³-hybridized carbons (Fsp3) is 0. The summed E-state index contributed by atoms with van der Waals surface area (Å²) in [5.74, 6) is 0. The smallest absolute Gasteiger partial charge is 0.0822 e. The van der Waals surface area contributed by atoms with Crippen LogP contribution in [0.2, 0.25) is 0 Å². The first-order valence-corrected chi connectivity index (χ1v) is 11.4. The molecule has 2 aliphatic heterocycles. The fourth-order valence-electron chi connectivity index (χ4n) is 6.29. The maximum atomic E-state index is 4.95. The van der Waals surface area contributed by atoms with Crippen LogP contribution in [0.1, 0.15) is 0 Å². The SMILES string of the molecule is c1ccc2cc3c(cc2c1)-c1nccc2cc4ccc5ccc6cccc7c6c5c4c(c12)N37. The summed E-state index contributed by atoms with van der Waals surface area (Å²) >= 11 is 0. The lowest BCUT2D eigenvalue weighted by Gasteiger charge is -2.38. The molecule has 0 saturated carbocycles. The van der Waals surface area contributed by atoms with Gasteiger partial charge >= 0.3 is 0 Å². The Morgan fingerprint density at radius 1 is 0.485 bits per heavy atom. The lowest BCUT2D eigenvalue weighted by Crippen LogP contribution is -2.18. The molecule has 0 fully saturated rings. The molecule has 150 valence electrons. The highest BCUT2D eigenvalue weighted by atomic mass is 15.2. The topological polar surface area (TPSA) is 16.1 Å². The fourth-order valence-corrected chi connectivity index (χ4v) is 6.29. The molecule has 7 aromatic rings. The van der Waals surface area contributed by atoms with Crippen LogP contribution in [0, 0.1) is 0 Å². The van der Waals surface area contributed by atoms with E-state index >= 15 is 0 Å². The van der Waals surface area contributed by atoms with Crippen molar-refractivity contribution in [2.45, 2.75) is 0 Å². The number of pyridine rings is 1. The summed E-state index contributed by atoms with van der Waals surface area (Å²) in [5.41, 5.74) is 6.05. The number of fused-ring (bicyclic) bond motifs is 5. The molecule has 2 aliphatic rings. The van der Waals surface area contributed by atoms with E-state index in [-0.39, 0.29) is 0 Å². The molecule has 9 rings (SSSR count). The van der Waals surface area contributed by atoms with Gasteiger partial charge in [-0.1, -0.05) is 60.7 Å². The Bertz CT molecular complexity index is 2030. The number of rotatable bonds is 0. The molecule has 2 heteroatoms. The van der Waals surface area contributed by atoms with Crippen molar-refractivity contribution in [3.05, 3.63) is 97.2 Å². The first-order chi connectivity index (χ1) is 16.4. The van der Waals surface area contributed by atoms with Gasteiger partial charge < -0.3 is 4.90 Å². The second kappa shape index (κ2) is 5.31. The van der Waals surface area contributed by atoms with E-state index in [0.717, 1.165) is 5.69 Å². The van der Waals surface area contributed by atoms with Gasteiger partial charge in [-0.25, -0.2) is 0 Å². The number of hydrogen-bond donors (Lipinski definition) is 0. The van der Waals surface area contributed by atoms with Crippen molar-refractivity contribution in [3.63, 3.8) is 0 Å². The van der Waals surface area contributed by atoms with Crippen molar-refractivity contribution in [3.8, 4) is 11.3 Å². The predicted molar refractivity (Wildman–Crippen MR) is 139 cm³/mol.